The molecule has 444 valence electrons. The van der Waals surface area contributed by atoms with E-state index in [9.17, 15) is 14.4 Å². The van der Waals surface area contributed by atoms with Crippen LogP contribution in [0.2, 0.25) is 0 Å². The first-order valence-corrected chi connectivity index (χ1v) is 32.5. The minimum atomic E-state index is -0.799. The van der Waals surface area contributed by atoms with E-state index in [0.717, 1.165) is 141 Å². The number of hydrogen-bond acceptors (Lipinski definition) is 6. The first kappa shape index (κ1) is 73.8. The molecule has 0 saturated carbocycles. The summed E-state index contributed by atoms with van der Waals surface area (Å²) in [6, 6.07) is 0. The van der Waals surface area contributed by atoms with Crippen LogP contribution in [0.3, 0.4) is 0 Å². The van der Waals surface area contributed by atoms with Crippen molar-refractivity contribution in [3.63, 3.8) is 0 Å². The van der Waals surface area contributed by atoms with Crippen LogP contribution in [0.25, 0.3) is 0 Å². The average molecular weight is 1080 g/mol. The molecule has 0 aromatic rings. The Kier molecular flexibility index (Phi) is 61.8. The Balaban J connectivity index is 4.17. The van der Waals surface area contributed by atoms with E-state index in [2.05, 4.69) is 142 Å². The van der Waals surface area contributed by atoms with E-state index in [-0.39, 0.29) is 31.1 Å². The molecule has 0 amide bonds. The van der Waals surface area contributed by atoms with Crippen LogP contribution < -0.4 is 0 Å². The second-order valence-electron chi connectivity index (χ2n) is 21.3. The summed E-state index contributed by atoms with van der Waals surface area (Å²) >= 11 is 0. The SMILES string of the molecule is CC/C=C\C/C=C\C/C=C\C/C=C\C/C=C\CCCCCCCCCCCCCCCCCCCC(=O)OCC(COC(=O)CCCCC/C=C\C/C=C\C/C=C\CC)OC(=O)CCCCCCC/C=C\C/C=C\CCCC. The third kappa shape index (κ3) is 62.7. The number of unbranched alkanes of at least 4 members (excludes halogenated alkanes) is 27. The molecule has 0 N–H and O–H groups in total. The Morgan fingerprint density at radius 2 is 0.500 bits per heavy atom. The van der Waals surface area contributed by atoms with E-state index >= 15 is 0 Å². The molecule has 0 aromatic heterocycles. The molecule has 0 saturated heterocycles. The van der Waals surface area contributed by atoms with Crippen LogP contribution in [-0.2, 0) is 28.6 Å². The maximum absolute atomic E-state index is 12.9. The summed E-state index contributed by atoms with van der Waals surface area (Å²) in [5.41, 5.74) is 0. The van der Waals surface area contributed by atoms with Crippen molar-refractivity contribution in [2.24, 2.45) is 0 Å². The standard InChI is InChI=1S/C72H120O6/c1-4-7-10-13-16-19-22-25-27-28-29-30-31-32-33-34-35-36-37-38-39-40-41-42-43-44-45-48-50-53-56-59-62-65-71(74)77-68-69(67-76-70(73)64-61-58-55-52-49-46-24-21-18-15-12-9-6-3)78-72(75)66-63-60-57-54-51-47-26-23-20-17-14-11-8-5-2/h7,9-10,12,14,16-19,21,23,25-27,29-30,32-33,46,49,69H,4-6,8,11,13,15,20,22,24,28,31,34-45,47-48,50-68H2,1-3H3/b10-7-,12-9-,17-14-,19-16-,21-18-,26-23-,27-25-,30-29-,33-32-,49-46-. The van der Waals surface area contributed by atoms with Crippen LogP contribution in [0.15, 0.2) is 122 Å². The summed E-state index contributed by atoms with van der Waals surface area (Å²) in [5.74, 6) is -0.933. The number of hydrogen-bond donors (Lipinski definition) is 0. The Bertz CT molecular complexity index is 1620. The van der Waals surface area contributed by atoms with E-state index in [1.165, 1.54) is 116 Å². The Hall–Kier alpha value is -4.19. The lowest BCUT2D eigenvalue weighted by Crippen LogP contribution is -2.30. The van der Waals surface area contributed by atoms with Gasteiger partial charge in [-0.15, -0.1) is 0 Å². The van der Waals surface area contributed by atoms with Crippen molar-refractivity contribution < 1.29 is 28.6 Å². The summed E-state index contributed by atoms with van der Waals surface area (Å²) in [5, 5.41) is 0. The average Bonchev–Trinajstić information content (AvgIpc) is 3.44. The minimum absolute atomic E-state index is 0.0929. The lowest BCUT2D eigenvalue weighted by Gasteiger charge is -2.18. The van der Waals surface area contributed by atoms with E-state index in [4.69, 9.17) is 14.2 Å². The van der Waals surface area contributed by atoms with Gasteiger partial charge in [0.15, 0.2) is 6.10 Å². The second-order valence-corrected chi connectivity index (χ2v) is 21.3. The molecule has 0 spiro atoms. The predicted octanol–water partition coefficient (Wildman–Crippen LogP) is 22.4. The summed E-state index contributed by atoms with van der Waals surface area (Å²) in [4.78, 5) is 38.2. The molecule has 1 unspecified atom stereocenters. The van der Waals surface area contributed by atoms with E-state index < -0.39 is 6.10 Å². The van der Waals surface area contributed by atoms with Gasteiger partial charge in [0, 0.05) is 19.3 Å². The first-order valence-electron chi connectivity index (χ1n) is 32.5. The molecule has 0 radical (unpaired) electrons. The lowest BCUT2D eigenvalue weighted by molar-refractivity contribution is -0.167. The van der Waals surface area contributed by atoms with Crippen molar-refractivity contribution in [2.45, 2.75) is 303 Å². The number of ether oxygens (including phenoxy) is 3. The molecule has 0 heterocycles. The smallest absolute Gasteiger partial charge is 0.306 e. The van der Waals surface area contributed by atoms with Gasteiger partial charge in [-0.05, 0) is 122 Å². The molecule has 6 heteroatoms. The second kappa shape index (κ2) is 65.3. The Morgan fingerprint density at radius 3 is 0.795 bits per heavy atom. The van der Waals surface area contributed by atoms with Gasteiger partial charge in [0.05, 0.1) is 0 Å². The summed E-state index contributed by atoms with van der Waals surface area (Å²) in [7, 11) is 0. The van der Waals surface area contributed by atoms with Gasteiger partial charge in [-0.1, -0.05) is 277 Å². The van der Waals surface area contributed by atoms with Gasteiger partial charge < -0.3 is 14.2 Å². The molecule has 1 atom stereocenters. The molecule has 0 aliphatic rings. The lowest BCUT2D eigenvalue weighted by atomic mass is 10.0. The predicted molar refractivity (Wildman–Crippen MR) is 339 cm³/mol. The molecule has 0 aliphatic heterocycles. The zero-order valence-electron chi connectivity index (χ0n) is 50.9. The van der Waals surface area contributed by atoms with E-state index in [1.54, 1.807) is 0 Å². The number of allylic oxidation sites excluding steroid dienone is 20. The van der Waals surface area contributed by atoms with Crippen molar-refractivity contribution in [2.75, 3.05) is 13.2 Å². The highest BCUT2D eigenvalue weighted by Gasteiger charge is 2.19. The molecule has 0 fully saturated rings. The molecule has 78 heavy (non-hydrogen) atoms. The maximum Gasteiger partial charge on any atom is 0.306 e. The number of rotatable bonds is 58. The van der Waals surface area contributed by atoms with Gasteiger partial charge in [-0.3, -0.25) is 14.4 Å². The van der Waals surface area contributed by atoms with Crippen LogP contribution in [0, 0.1) is 0 Å². The third-order valence-electron chi connectivity index (χ3n) is 13.7. The quantitative estimate of drug-likeness (QED) is 0.0261. The van der Waals surface area contributed by atoms with Gasteiger partial charge in [0.25, 0.3) is 0 Å². The van der Waals surface area contributed by atoms with Crippen LogP contribution in [0.1, 0.15) is 297 Å². The van der Waals surface area contributed by atoms with Crippen molar-refractivity contribution in [1.29, 1.82) is 0 Å². The molecule has 0 aromatic carbocycles. The highest BCUT2D eigenvalue weighted by atomic mass is 16.6. The highest BCUT2D eigenvalue weighted by molar-refractivity contribution is 5.71. The van der Waals surface area contributed by atoms with Crippen LogP contribution in [-0.4, -0.2) is 37.2 Å². The van der Waals surface area contributed by atoms with Gasteiger partial charge in [0.2, 0.25) is 0 Å². The van der Waals surface area contributed by atoms with Crippen molar-refractivity contribution >= 4 is 17.9 Å². The molecule has 0 rings (SSSR count). The fraction of sp³-hybridized carbons (Fsp3) is 0.681. The Morgan fingerprint density at radius 1 is 0.269 bits per heavy atom. The van der Waals surface area contributed by atoms with Gasteiger partial charge in [0.1, 0.15) is 13.2 Å². The molecular weight excluding hydrogens is 961 g/mol. The van der Waals surface area contributed by atoms with E-state index in [0.29, 0.717) is 19.3 Å². The summed E-state index contributed by atoms with van der Waals surface area (Å²) < 4.78 is 16.9. The van der Waals surface area contributed by atoms with Crippen molar-refractivity contribution in [1.82, 2.24) is 0 Å². The number of carbonyl (C=O) groups excluding carboxylic acids is 3. The zero-order valence-corrected chi connectivity index (χ0v) is 50.9. The largest absolute Gasteiger partial charge is 0.462 e. The van der Waals surface area contributed by atoms with Crippen LogP contribution in [0.5, 0.6) is 0 Å². The maximum atomic E-state index is 12.9. The fourth-order valence-electron chi connectivity index (χ4n) is 8.85. The summed E-state index contributed by atoms with van der Waals surface area (Å²) in [6.07, 6.45) is 90.8. The normalized spacial score (nSPS) is 12.9. The number of carbonyl (C=O) groups is 3. The van der Waals surface area contributed by atoms with Crippen LogP contribution in [0.4, 0.5) is 0 Å². The summed E-state index contributed by atoms with van der Waals surface area (Å²) in [6.45, 7) is 6.34. The molecule has 0 aliphatic carbocycles. The Labute approximate surface area is 482 Å². The topological polar surface area (TPSA) is 78.9 Å². The first-order chi connectivity index (χ1) is 38.5. The van der Waals surface area contributed by atoms with Crippen molar-refractivity contribution in [3.8, 4) is 0 Å². The van der Waals surface area contributed by atoms with Crippen LogP contribution >= 0.6 is 0 Å². The van der Waals surface area contributed by atoms with Crippen molar-refractivity contribution in [3.05, 3.63) is 122 Å². The molecule has 6 nitrogen and oxygen atoms in total. The number of esters is 3. The zero-order chi connectivity index (χ0) is 56.4. The van der Waals surface area contributed by atoms with Gasteiger partial charge >= 0.3 is 17.9 Å². The van der Waals surface area contributed by atoms with E-state index in [1.807, 2.05) is 0 Å². The van der Waals surface area contributed by atoms with Gasteiger partial charge in [-0.25, -0.2) is 0 Å². The minimum Gasteiger partial charge on any atom is -0.462 e. The molecular formula is C72H120O6. The molecule has 0 bridgehead atoms. The van der Waals surface area contributed by atoms with Gasteiger partial charge in [-0.2, -0.15) is 0 Å². The fourth-order valence-corrected chi connectivity index (χ4v) is 8.85. The monoisotopic (exact) mass is 1080 g/mol. The third-order valence-corrected chi connectivity index (χ3v) is 13.7. The highest BCUT2D eigenvalue weighted by Crippen LogP contribution is 2.16.